The first kappa shape index (κ1) is 13.4. The largest absolute Gasteiger partial charge is 0.390 e. The molecule has 0 aliphatic heterocycles. The Labute approximate surface area is 105 Å². The maximum Gasteiger partial charge on any atom is 0.0913 e. The predicted octanol–water partition coefficient (Wildman–Crippen LogP) is 3.11. The molecule has 2 N–H and O–H groups in total. The highest BCUT2D eigenvalue weighted by molar-refractivity contribution is 5.14. The van der Waals surface area contributed by atoms with Crippen molar-refractivity contribution in [1.82, 2.24) is 0 Å². The van der Waals surface area contributed by atoms with Gasteiger partial charge in [-0.3, -0.25) is 0 Å². The van der Waals surface area contributed by atoms with Crippen molar-refractivity contribution < 1.29 is 10.2 Å². The van der Waals surface area contributed by atoms with Crippen molar-refractivity contribution in [3.8, 4) is 0 Å². The van der Waals surface area contributed by atoms with Crippen molar-refractivity contribution in [2.75, 3.05) is 0 Å². The van der Waals surface area contributed by atoms with E-state index in [1.165, 1.54) is 0 Å². The first-order valence-electron chi connectivity index (χ1n) is 7.18. The quantitative estimate of drug-likeness (QED) is 0.795. The zero-order valence-electron chi connectivity index (χ0n) is 11.8. The summed E-state index contributed by atoms with van der Waals surface area (Å²) in [4.78, 5) is 0. The lowest BCUT2D eigenvalue weighted by Gasteiger charge is -2.56. The SMILES string of the molecule is CCCC[C@]1(O)C[C@H]2CC[C@@](C)([C@H]1O)C2(C)C. The summed E-state index contributed by atoms with van der Waals surface area (Å²) < 4.78 is 0. The molecule has 2 nitrogen and oxygen atoms in total. The molecule has 2 saturated carbocycles. The van der Waals surface area contributed by atoms with Gasteiger partial charge in [-0.1, -0.05) is 40.5 Å². The van der Waals surface area contributed by atoms with E-state index in [0.717, 1.165) is 38.5 Å². The molecular formula is C15H28O2. The smallest absolute Gasteiger partial charge is 0.0913 e. The Morgan fingerprint density at radius 1 is 1.24 bits per heavy atom. The third-order valence-corrected chi connectivity index (χ3v) is 6.18. The van der Waals surface area contributed by atoms with E-state index >= 15 is 0 Å². The summed E-state index contributed by atoms with van der Waals surface area (Å²) in [5.74, 6) is 0.567. The standard InChI is InChI=1S/C15H28O2/c1-5-6-8-15(17)10-11-7-9-14(4,12(15)16)13(11,2)3/h11-12,16-17H,5-10H2,1-4H3/t11-,12-,14+,15+/m1/s1. The molecule has 2 heteroatoms. The summed E-state index contributed by atoms with van der Waals surface area (Å²) in [6.45, 7) is 8.85. The van der Waals surface area contributed by atoms with Crippen LogP contribution in [0.1, 0.15) is 66.2 Å². The Kier molecular flexibility index (Phi) is 3.11. The molecule has 0 spiro atoms. The molecule has 0 aromatic heterocycles. The van der Waals surface area contributed by atoms with Crippen molar-refractivity contribution >= 4 is 0 Å². The molecule has 0 amide bonds. The predicted molar refractivity (Wildman–Crippen MR) is 69.7 cm³/mol. The summed E-state index contributed by atoms with van der Waals surface area (Å²) in [7, 11) is 0. The van der Waals surface area contributed by atoms with E-state index in [-0.39, 0.29) is 10.8 Å². The number of hydrogen-bond donors (Lipinski definition) is 2. The number of rotatable bonds is 3. The molecule has 2 fully saturated rings. The molecule has 0 unspecified atom stereocenters. The fourth-order valence-corrected chi connectivity index (χ4v) is 4.32. The van der Waals surface area contributed by atoms with Gasteiger partial charge in [0.1, 0.15) is 0 Å². The van der Waals surface area contributed by atoms with E-state index in [1.54, 1.807) is 0 Å². The third-order valence-electron chi connectivity index (χ3n) is 6.18. The first-order chi connectivity index (χ1) is 7.78. The second-order valence-electron chi connectivity index (χ2n) is 7.19. The molecule has 17 heavy (non-hydrogen) atoms. The second-order valence-corrected chi connectivity index (χ2v) is 7.19. The van der Waals surface area contributed by atoms with Crippen molar-refractivity contribution in [3.05, 3.63) is 0 Å². The van der Waals surface area contributed by atoms with Crippen LogP contribution in [0.15, 0.2) is 0 Å². The van der Waals surface area contributed by atoms with Gasteiger partial charge < -0.3 is 10.2 Å². The van der Waals surface area contributed by atoms with Crippen LogP contribution in [-0.2, 0) is 0 Å². The van der Waals surface area contributed by atoms with Crippen LogP contribution in [0.3, 0.4) is 0 Å². The minimum absolute atomic E-state index is 0.113. The number of unbranched alkanes of at least 4 members (excludes halogenated alkanes) is 1. The summed E-state index contributed by atoms with van der Waals surface area (Å²) >= 11 is 0. The van der Waals surface area contributed by atoms with Crippen LogP contribution in [0.25, 0.3) is 0 Å². The number of hydrogen-bond acceptors (Lipinski definition) is 2. The molecule has 2 rings (SSSR count). The van der Waals surface area contributed by atoms with Gasteiger partial charge in [0.15, 0.2) is 0 Å². The molecule has 0 saturated heterocycles. The van der Waals surface area contributed by atoms with Gasteiger partial charge in [-0.2, -0.15) is 0 Å². The van der Waals surface area contributed by atoms with Crippen molar-refractivity contribution in [2.24, 2.45) is 16.7 Å². The number of aliphatic hydroxyl groups excluding tert-OH is 1. The lowest BCUT2D eigenvalue weighted by molar-refractivity contribution is -0.203. The molecule has 0 radical (unpaired) electrons. The summed E-state index contributed by atoms with van der Waals surface area (Å²) in [5.41, 5.74) is -0.787. The van der Waals surface area contributed by atoms with Crippen LogP contribution >= 0.6 is 0 Å². The third kappa shape index (κ3) is 1.67. The second kappa shape index (κ2) is 3.96. The highest BCUT2D eigenvalue weighted by Gasteiger charge is 2.64. The van der Waals surface area contributed by atoms with Crippen LogP contribution in [0.5, 0.6) is 0 Å². The molecule has 100 valence electrons. The van der Waals surface area contributed by atoms with Crippen LogP contribution < -0.4 is 0 Å². The van der Waals surface area contributed by atoms with Crippen LogP contribution in [0, 0.1) is 16.7 Å². The van der Waals surface area contributed by atoms with Crippen LogP contribution in [-0.4, -0.2) is 21.9 Å². The van der Waals surface area contributed by atoms with Gasteiger partial charge in [-0.05, 0) is 37.0 Å². The zero-order chi connectivity index (χ0) is 12.9. The van der Waals surface area contributed by atoms with Crippen LogP contribution in [0.2, 0.25) is 0 Å². The van der Waals surface area contributed by atoms with E-state index in [1.807, 2.05) is 0 Å². The van der Waals surface area contributed by atoms with Gasteiger partial charge in [0.25, 0.3) is 0 Å². The van der Waals surface area contributed by atoms with E-state index in [2.05, 4.69) is 27.7 Å². The van der Waals surface area contributed by atoms with E-state index in [4.69, 9.17) is 0 Å². The molecule has 0 heterocycles. The van der Waals surface area contributed by atoms with Crippen LogP contribution in [0.4, 0.5) is 0 Å². The van der Waals surface area contributed by atoms with E-state index in [0.29, 0.717) is 5.92 Å². The molecular weight excluding hydrogens is 212 g/mol. The minimum Gasteiger partial charge on any atom is -0.390 e. The lowest BCUT2D eigenvalue weighted by Crippen LogP contribution is -2.60. The highest BCUT2D eigenvalue weighted by atomic mass is 16.3. The number of fused-ring (bicyclic) bond motifs is 2. The van der Waals surface area contributed by atoms with E-state index < -0.39 is 11.7 Å². The normalized spacial score (nSPS) is 48.4. The Morgan fingerprint density at radius 2 is 1.88 bits per heavy atom. The highest BCUT2D eigenvalue weighted by Crippen LogP contribution is 2.65. The van der Waals surface area contributed by atoms with Gasteiger partial charge in [0, 0.05) is 5.41 Å². The van der Waals surface area contributed by atoms with Gasteiger partial charge >= 0.3 is 0 Å². The Morgan fingerprint density at radius 3 is 2.47 bits per heavy atom. The maximum atomic E-state index is 10.8. The van der Waals surface area contributed by atoms with Gasteiger partial charge in [-0.15, -0.1) is 0 Å². The molecule has 0 aromatic carbocycles. The average Bonchev–Trinajstić information content (AvgIpc) is 2.42. The molecule has 2 aliphatic carbocycles. The summed E-state index contributed by atoms with van der Waals surface area (Å²) in [5, 5.41) is 21.5. The van der Waals surface area contributed by atoms with Crippen molar-refractivity contribution in [3.63, 3.8) is 0 Å². The summed E-state index contributed by atoms with van der Waals surface area (Å²) in [6, 6.07) is 0. The minimum atomic E-state index is -0.832. The molecule has 0 aromatic rings. The number of aliphatic hydroxyl groups is 2. The zero-order valence-corrected chi connectivity index (χ0v) is 11.8. The van der Waals surface area contributed by atoms with Gasteiger partial charge in [0.05, 0.1) is 11.7 Å². The summed E-state index contributed by atoms with van der Waals surface area (Å²) in [6.07, 6.45) is 5.30. The topological polar surface area (TPSA) is 40.5 Å². The fraction of sp³-hybridized carbons (Fsp3) is 1.00. The Hall–Kier alpha value is -0.0800. The molecule has 2 aliphatic rings. The Balaban J connectivity index is 2.27. The van der Waals surface area contributed by atoms with Crippen molar-refractivity contribution in [1.29, 1.82) is 0 Å². The van der Waals surface area contributed by atoms with E-state index in [9.17, 15) is 10.2 Å². The van der Waals surface area contributed by atoms with Gasteiger partial charge in [0.2, 0.25) is 0 Å². The maximum absolute atomic E-state index is 10.8. The van der Waals surface area contributed by atoms with Gasteiger partial charge in [-0.25, -0.2) is 0 Å². The fourth-order valence-electron chi connectivity index (χ4n) is 4.32. The monoisotopic (exact) mass is 240 g/mol. The first-order valence-corrected chi connectivity index (χ1v) is 7.18. The Bertz CT molecular complexity index is 299. The average molecular weight is 240 g/mol. The lowest BCUT2D eigenvalue weighted by atomic mass is 9.53. The molecule has 4 atom stereocenters. The van der Waals surface area contributed by atoms with Crippen molar-refractivity contribution in [2.45, 2.75) is 77.9 Å². The molecule has 2 bridgehead atoms.